The molecule has 0 aromatic carbocycles. The fraction of sp³-hybridized carbons (Fsp3) is 0.789. The highest BCUT2D eigenvalue weighted by atomic mass is 32.2. The highest BCUT2D eigenvalue weighted by molar-refractivity contribution is 7.91. The van der Waals surface area contributed by atoms with Crippen molar-refractivity contribution in [1.82, 2.24) is 24.8 Å². The van der Waals surface area contributed by atoms with Gasteiger partial charge in [-0.2, -0.15) is 0 Å². The lowest BCUT2D eigenvalue weighted by Gasteiger charge is -2.25. The van der Waals surface area contributed by atoms with Gasteiger partial charge in [0.15, 0.2) is 9.84 Å². The largest absolute Gasteiger partial charge is 0.377 e. The number of nitrogens with zero attached hydrogens (tertiary/aromatic N) is 5. The Labute approximate surface area is 187 Å². The summed E-state index contributed by atoms with van der Waals surface area (Å²) < 4.78 is 41.0. The second-order valence-corrected chi connectivity index (χ2v) is 9.98. The van der Waals surface area contributed by atoms with Gasteiger partial charge in [0.1, 0.15) is 0 Å². The Morgan fingerprint density at radius 1 is 0.844 bits per heavy atom. The Bertz CT molecular complexity index is 830. The molecule has 2 aliphatic rings. The van der Waals surface area contributed by atoms with Crippen LogP contribution in [0.25, 0.3) is 0 Å². The van der Waals surface area contributed by atoms with E-state index in [1.165, 1.54) is 4.90 Å². The van der Waals surface area contributed by atoms with Crippen LogP contribution in [0.3, 0.4) is 0 Å². The number of rotatable bonds is 14. The lowest BCUT2D eigenvalue weighted by Crippen LogP contribution is -2.39. The molecule has 32 heavy (non-hydrogen) atoms. The fourth-order valence-electron chi connectivity index (χ4n) is 3.39. The minimum Gasteiger partial charge on any atom is -0.377 e. The van der Waals surface area contributed by atoms with Gasteiger partial charge in [0.2, 0.25) is 11.8 Å². The van der Waals surface area contributed by atoms with Gasteiger partial charge in [-0.15, -0.1) is 5.10 Å². The van der Waals surface area contributed by atoms with E-state index < -0.39 is 9.84 Å². The Morgan fingerprint density at radius 2 is 1.41 bits per heavy atom. The zero-order chi connectivity index (χ0) is 22.8. The van der Waals surface area contributed by atoms with E-state index in [-0.39, 0.29) is 23.3 Å². The molecular weight excluding hydrogens is 442 g/mol. The number of carbonyl (C=O) groups excluding carboxylic acids is 2. The molecule has 0 N–H and O–H groups in total. The third kappa shape index (κ3) is 8.20. The Morgan fingerprint density at radius 3 is 2.03 bits per heavy atom. The summed E-state index contributed by atoms with van der Waals surface area (Å²) in [5, 5.41) is 8.20. The third-order valence-corrected chi connectivity index (χ3v) is 6.84. The van der Waals surface area contributed by atoms with Crippen LogP contribution in [0.4, 0.5) is 0 Å². The molecule has 2 saturated heterocycles. The minimum atomic E-state index is -2.88. The first kappa shape index (κ1) is 24.7. The van der Waals surface area contributed by atoms with Gasteiger partial charge in [-0.1, -0.05) is 5.21 Å². The molecule has 2 aliphatic heterocycles. The maximum atomic E-state index is 11.5. The number of amides is 2. The Hall–Kier alpha value is -1.93. The monoisotopic (exact) mass is 473 g/mol. The van der Waals surface area contributed by atoms with Crippen molar-refractivity contribution in [1.29, 1.82) is 0 Å². The van der Waals surface area contributed by atoms with Crippen molar-refractivity contribution in [3.8, 4) is 0 Å². The molecule has 1 aromatic heterocycles. The summed E-state index contributed by atoms with van der Waals surface area (Å²) in [6.07, 6.45) is 2.45. The highest BCUT2D eigenvalue weighted by Crippen LogP contribution is 2.10. The quantitative estimate of drug-likeness (QED) is 0.237. The SMILES string of the molecule is O=C1CCC(=O)N1CCOCCOCCOCCn1cc(CN2CCS(=O)(=O)CC2)nn1. The summed E-state index contributed by atoms with van der Waals surface area (Å²) in [4.78, 5) is 26.2. The summed E-state index contributed by atoms with van der Waals surface area (Å²) in [6, 6.07) is 0. The van der Waals surface area contributed by atoms with Gasteiger partial charge >= 0.3 is 0 Å². The first-order chi connectivity index (χ1) is 15.4. The summed E-state index contributed by atoms with van der Waals surface area (Å²) in [7, 11) is -2.88. The van der Waals surface area contributed by atoms with E-state index in [1.807, 2.05) is 6.20 Å². The molecule has 12 nitrogen and oxygen atoms in total. The minimum absolute atomic E-state index is 0.131. The van der Waals surface area contributed by atoms with E-state index in [0.717, 1.165) is 5.69 Å². The van der Waals surface area contributed by atoms with Crippen molar-refractivity contribution < 1.29 is 32.2 Å². The van der Waals surface area contributed by atoms with Crippen molar-refractivity contribution in [2.24, 2.45) is 0 Å². The molecular formula is C19H31N5O7S. The molecule has 13 heteroatoms. The number of hydrogen-bond acceptors (Lipinski definition) is 10. The molecule has 1 aromatic rings. The smallest absolute Gasteiger partial charge is 0.229 e. The van der Waals surface area contributed by atoms with Gasteiger partial charge in [0.25, 0.3) is 0 Å². The zero-order valence-corrected chi connectivity index (χ0v) is 19.0. The van der Waals surface area contributed by atoms with Crippen LogP contribution in [0.15, 0.2) is 6.20 Å². The average molecular weight is 474 g/mol. The number of likely N-dealkylation sites (tertiary alicyclic amines) is 1. The molecule has 180 valence electrons. The Balaban J connectivity index is 1.14. The van der Waals surface area contributed by atoms with Gasteiger partial charge in [-0.05, 0) is 0 Å². The molecule has 0 spiro atoms. The summed E-state index contributed by atoms with van der Waals surface area (Å²) in [5.74, 6) is 0.135. The Kier molecular flexibility index (Phi) is 9.53. The first-order valence-electron chi connectivity index (χ1n) is 10.8. The fourth-order valence-corrected chi connectivity index (χ4v) is 4.66. The number of carbonyl (C=O) groups is 2. The first-order valence-corrected chi connectivity index (χ1v) is 12.6. The standard InChI is InChI=1S/C19H31N5O7S/c25-18-1-2-19(26)24(18)4-8-30-10-12-31-11-9-29-7-3-23-16-17(20-21-23)15-22-5-13-32(27,28)14-6-22/h16H,1-15H2. The van der Waals surface area contributed by atoms with Crippen LogP contribution in [0.5, 0.6) is 0 Å². The van der Waals surface area contributed by atoms with Crippen LogP contribution in [0, 0.1) is 0 Å². The number of hydrogen-bond donors (Lipinski definition) is 0. The highest BCUT2D eigenvalue weighted by Gasteiger charge is 2.28. The van der Waals surface area contributed by atoms with Crippen molar-refractivity contribution >= 4 is 21.7 Å². The van der Waals surface area contributed by atoms with E-state index in [9.17, 15) is 18.0 Å². The van der Waals surface area contributed by atoms with Gasteiger partial charge in [0, 0.05) is 38.7 Å². The maximum Gasteiger partial charge on any atom is 0.229 e. The average Bonchev–Trinajstić information content (AvgIpc) is 3.34. The molecule has 3 rings (SSSR count). The van der Waals surface area contributed by atoms with Crippen LogP contribution >= 0.6 is 0 Å². The van der Waals surface area contributed by atoms with Gasteiger partial charge in [0.05, 0.1) is 69.9 Å². The van der Waals surface area contributed by atoms with Gasteiger partial charge < -0.3 is 14.2 Å². The molecule has 0 radical (unpaired) electrons. The van der Waals surface area contributed by atoms with Crippen LogP contribution in [0.2, 0.25) is 0 Å². The molecule has 0 unspecified atom stereocenters. The topological polar surface area (TPSA) is 133 Å². The van der Waals surface area contributed by atoms with Crippen LogP contribution in [-0.4, -0.2) is 116 Å². The van der Waals surface area contributed by atoms with Crippen molar-refractivity contribution in [3.63, 3.8) is 0 Å². The van der Waals surface area contributed by atoms with Crippen LogP contribution in [-0.2, 0) is 46.7 Å². The van der Waals surface area contributed by atoms with E-state index in [0.29, 0.717) is 85.2 Å². The molecule has 0 bridgehead atoms. The summed E-state index contributed by atoms with van der Waals surface area (Å²) in [6.45, 7) is 4.99. The van der Waals surface area contributed by atoms with E-state index >= 15 is 0 Å². The van der Waals surface area contributed by atoms with Crippen molar-refractivity contribution in [2.45, 2.75) is 25.9 Å². The number of aromatic nitrogens is 3. The number of ether oxygens (including phenoxy) is 3. The predicted molar refractivity (Wildman–Crippen MR) is 112 cm³/mol. The van der Waals surface area contributed by atoms with E-state index in [1.54, 1.807) is 4.68 Å². The number of sulfone groups is 1. The van der Waals surface area contributed by atoms with Gasteiger partial charge in [-0.3, -0.25) is 19.4 Å². The van der Waals surface area contributed by atoms with E-state index in [2.05, 4.69) is 15.2 Å². The summed E-state index contributed by atoms with van der Waals surface area (Å²) >= 11 is 0. The molecule has 0 atom stereocenters. The van der Waals surface area contributed by atoms with Gasteiger partial charge in [-0.25, -0.2) is 13.1 Å². The van der Waals surface area contributed by atoms with Crippen LogP contribution < -0.4 is 0 Å². The van der Waals surface area contributed by atoms with Crippen molar-refractivity contribution in [3.05, 3.63) is 11.9 Å². The second kappa shape index (κ2) is 12.3. The molecule has 2 fully saturated rings. The number of imide groups is 1. The predicted octanol–water partition coefficient (Wildman–Crippen LogP) is -1.29. The molecule has 3 heterocycles. The molecule has 0 aliphatic carbocycles. The maximum absolute atomic E-state index is 11.5. The molecule has 0 saturated carbocycles. The van der Waals surface area contributed by atoms with E-state index in [4.69, 9.17) is 14.2 Å². The second-order valence-electron chi connectivity index (χ2n) is 7.68. The normalized spacial score (nSPS) is 19.2. The van der Waals surface area contributed by atoms with Crippen LogP contribution in [0.1, 0.15) is 18.5 Å². The molecule has 2 amide bonds. The summed E-state index contributed by atoms with van der Waals surface area (Å²) in [5.41, 5.74) is 0.811. The third-order valence-electron chi connectivity index (χ3n) is 5.23. The zero-order valence-electron chi connectivity index (χ0n) is 18.2. The lowest BCUT2D eigenvalue weighted by molar-refractivity contribution is -0.139. The lowest BCUT2D eigenvalue weighted by atomic mass is 10.4. The van der Waals surface area contributed by atoms with Crippen molar-refractivity contribution in [2.75, 3.05) is 70.8 Å².